The lowest BCUT2D eigenvalue weighted by molar-refractivity contribution is -0.646. The second kappa shape index (κ2) is 10.6. The average Bonchev–Trinajstić information content (AvgIpc) is 2.73. The fraction of sp³-hybridized carbons (Fsp3) is 0.190. The Morgan fingerprint density at radius 3 is 2.42 bits per heavy atom. The molecule has 0 bridgehead atoms. The highest BCUT2D eigenvalue weighted by atomic mass is 32.3. The summed E-state index contributed by atoms with van der Waals surface area (Å²) in [6, 6.07) is 16.7. The molecule has 0 spiro atoms. The second-order valence-electron chi connectivity index (χ2n) is 6.23. The molecule has 31 heavy (non-hydrogen) atoms. The highest BCUT2D eigenvalue weighted by Gasteiger charge is 2.10. The number of ether oxygens (including phenoxy) is 1. The summed E-state index contributed by atoms with van der Waals surface area (Å²) >= 11 is 0. The van der Waals surface area contributed by atoms with Gasteiger partial charge in [-0.05, 0) is 36.8 Å². The van der Waals surface area contributed by atoms with Crippen molar-refractivity contribution in [2.45, 2.75) is 6.92 Å². The van der Waals surface area contributed by atoms with Crippen molar-refractivity contribution in [1.82, 2.24) is 0 Å². The van der Waals surface area contributed by atoms with Crippen molar-refractivity contribution in [2.75, 3.05) is 13.7 Å². The topological polar surface area (TPSA) is 123 Å². The first-order chi connectivity index (χ1) is 14.6. The Morgan fingerprint density at radius 2 is 1.81 bits per heavy atom. The van der Waals surface area contributed by atoms with Crippen LogP contribution in [0.1, 0.15) is 18.2 Å². The standard InChI is InChI=1S/C20H19N2O3.CH4O4S/c1-3-25-19-11-12-20-16(14-19)8-10-17(21(20)2)9-7-15-5-4-6-18(13-15)22(23)24;1-5-6(2,3)4/h4-14H,3H2,1-2H3;1H3,(H,2,3,4)/q+1;/p-1/b9-7+;. The molecule has 1 aromatic heterocycles. The minimum Gasteiger partial charge on any atom is -0.726 e. The number of fused-ring (bicyclic) bond motifs is 1. The number of benzene rings is 2. The number of aryl methyl sites for hydroxylation is 1. The molecule has 0 atom stereocenters. The number of aromatic nitrogens is 1. The number of pyridine rings is 1. The Labute approximate surface area is 180 Å². The molecule has 3 rings (SSSR count). The Hall–Kier alpha value is -3.34. The van der Waals surface area contributed by atoms with Gasteiger partial charge in [-0.1, -0.05) is 12.1 Å². The molecule has 10 heteroatoms. The number of nitro groups is 1. The molecule has 2 aromatic carbocycles. The number of nitrogens with zero attached hydrogens (tertiary/aromatic N) is 2. The number of hydrogen-bond donors (Lipinski definition) is 0. The zero-order valence-electron chi connectivity index (χ0n) is 17.2. The summed E-state index contributed by atoms with van der Waals surface area (Å²) in [7, 11) is -1.61. The smallest absolute Gasteiger partial charge is 0.270 e. The van der Waals surface area contributed by atoms with Crippen LogP contribution in [0.5, 0.6) is 5.75 Å². The molecule has 0 amide bonds. The molecule has 0 radical (unpaired) electrons. The van der Waals surface area contributed by atoms with Gasteiger partial charge in [0, 0.05) is 30.3 Å². The average molecular weight is 446 g/mol. The summed E-state index contributed by atoms with van der Waals surface area (Å²) in [6.45, 7) is 2.60. The van der Waals surface area contributed by atoms with Crippen molar-refractivity contribution in [3.05, 3.63) is 76.0 Å². The van der Waals surface area contributed by atoms with Crippen molar-refractivity contribution >= 4 is 39.1 Å². The van der Waals surface area contributed by atoms with Crippen molar-refractivity contribution in [3.8, 4) is 5.75 Å². The molecule has 0 aliphatic carbocycles. The lowest BCUT2D eigenvalue weighted by Crippen LogP contribution is -2.32. The van der Waals surface area contributed by atoms with Gasteiger partial charge in [0.05, 0.1) is 24.0 Å². The van der Waals surface area contributed by atoms with Crippen LogP contribution in [-0.4, -0.2) is 31.6 Å². The molecule has 0 unspecified atom stereocenters. The van der Waals surface area contributed by atoms with Gasteiger partial charge in [-0.3, -0.25) is 14.3 Å². The molecular formula is C21H22N2O7S. The van der Waals surface area contributed by atoms with Gasteiger partial charge >= 0.3 is 0 Å². The lowest BCUT2D eigenvalue weighted by Gasteiger charge is -2.04. The van der Waals surface area contributed by atoms with E-state index < -0.39 is 10.4 Å². The first-order valence-corrected chi connectivity index (χ1v) is 10.5. The van der Waals surface area contributed by atoms with E-state index in [-0.39, 0.29) is 10.6 Å². The van der Waals surface area contributed by atoms with E-state index >= 15 is 0 Å². The number of non-ortho nitro benzene ring substituents is 1. The van der Waals surface area contributed by atoms with Gasteiger partial charge in [-0.2, -0.15) is 4.57 Å². The van der Waals surface area contributed by atoms with Crippen LogP contribution in [0.4, 0.5) is 5.69 Å². The molecule has 1 heterocycles. The van der Waals surface area contributed by atoms with Gasteiger partial charge in [0.2, 0.25) is 21.6 Å². The van der Waals surface area contributed by atoms with E-state index in [4.69, 9.17) is 4.74 Å². The zero-order chi connectivity index (χ0) is 23.0. The molecule has 3 aromatic rings. The predicted molar refractivity (Wildman–Crippen MR) is 115 cm³/mol. The first kappa shape index (κ1) is 23.9. The number of hydrogen-bond acceptors (Lipinski definition) is 7. The van der Waals surface area contributed by atoms with Gasteiger partial charge in [0.15, 0.2) is 0 Å². The quantitative estimate of drug-likeness (QED) is 0.187. The van der Waals surface area contributed by atoms with Gasteiger partial charge in [-0.15, -0.1) is 0 Å². The molecular weight excluding hydrogens is 424 g/mol. The van der Waals surface area contributed by atoms with Crippen LogP contribution < -0.4 is 9.30 Å². The normalized spacial score (nSPS) is 11.2. The third-order valence-corrected chi connectivity index (χ3v) is 4.63. The summed E-state index contributed by atoms with van der Waals surface area (Å²) < 4.78 is 38.6. The maximum Gasteiger partial charge on any atom is 0.270 e. The van der Waals surface area contributed by atoms with Crippen molar-refractivity contribution in [1.29, 1.82) is 0 Å². The van der Waals surface area contributed by atoms with Gasteiger partial charge in [-0.25, -0.2) is 8.42 Å². The fourth-order valence-corrected chi connectivity index (χ4v) is 2.75. The van der Waals surface area contributed by atoms with Crippen LogP contribution in [0.15, 0.2) is 54.6 Å². The van der Waals surface area contributed by atoms with Crippen molar-refractivity contribution < 1.29 is 31.4 Å². The maximum absolute atomic E-state index is 10.9. The van der Waals surface area contributed by atoms with E-state index in [1.54, 1.807) is 12.1 Å². The second-order valence-corrected chi connectivity index (χ2v) is 7.38. The zero-order valence-corrected chi connectivity index (χ0v) is 18.0. The minimum atomic E-state index is -4.41. The number of rotatable bonds is 6. The summed E-state index contributed by atoms with van der Waals surface area (Å²) in [5, 5.41) is 12.0. The summed E-state index contributed by atoms with van der Waals surface area (Å²) in [6.07, 6.45) is 3.83. The highest BCUT2D eigenvalue weighted by Crippen LogP contribution is 2.20. The van der Waals surface area contributed by atoms with E-state index in [0.29, 0.717) is 6.61 Å². The van der Waals surface area contributed by atoms with Crippen molar-refractivity contribution in [3.63, 3.8) is 0 Å². The molecule has 0 saturated heterocycles. The third kappa shape index (κ3) is 7.14. The van der Waals surface area contributed by atoms with Crippen LogP contribution in [0.25, 0.3) is 23.1 Å². The van der Waals surface area contributed by atoms with Gasteiger partial charge in [0.1, 0.15) is 12.8 Å². The Balaban J connectivity index is 0.000000501. The van der Waals surface area contributed by atoms with E-state index in [1.165, 1.54) is 6.07 Å². The maximum atomic E-state index is 10.9. The van der Waals surface area contributed by atoms with Gasteiger partial charge < -0.3 is 9.29 Å². The minimum absolute atomic E-state index is 0.0912. The van der Waals surface area contributed by atoms with E-state index in [1.807, 2.05) is 62.5 Å². The predicted octanol–water partition coefficient (Wildman–Crippen LogP) is 3.23. The highest BCUT2D eigenvalue weighted by molar-refractivity contribution is 7.80. The SMILES string of the molecule is CCOc1ccc2c(ccc(/C=C/c3cccc([N+](=O)[O-])c3)[n+]2C)c1.COS(=O)(=O)[O-]. The lowest BCUT2D eigenvalue weighted by atomic mass is 10.1. The summed E-state index contributed by atoms with van der Waals surface area (Å²) in [4.78, 5) is 10.5. The molecule has 0 fully saturated rings. The van der Waals surface area contributed by atoms with Crippen LogP contribution >= 0.6 is 0 Å². The van der Waals surface area contributed by atoms with Gasteiger partial charge in [0.25, 0.3) is 5.69 Å². The van der Waals surface area contributed by atoms with Crippen LogP contribution in [0, 0.1) is 10.1 Å². The first-order valence-electron chi connectivity index (χ1n) is 9.14. The van der Waals surface area contributed by atoms with Crippen molar-refractivity contribution in [2.24, 2.45) is 7.05 Å². The monoisotopic (exact) mass is 446 g/mol. The molecule has 0 saturated carbocycles. The Kier molecular flexibility index (Phi) is 8.20. The molecule has 0 N–H and O–H groups in total. The Morgan fingerprint density at radius 1 is 1.10 bits per heavy atom. The Bertz CT molecular complexity index is 1210. The number of nitro benzene ring substituents is 1. The molecule has 164 valence electrons. The third-order valence-electron chi connectivity index (χ3n) is 4.22. The fourth-order valence-electron chi connectivity index (χ4n) is 2.75. The largest absolute Gasteiger partial charge is 0.726 e. The van der Waals surface area contributed by atoms with E-state index in [0.717, 1.165) is 35.0 Å². The van der Waals surface area contributed by atoms with E-state index in [9.17, 15) is 23.1 Å². The van der Waals surface area contributed by atoms with E-state index in [2.05, 4.69) is 8.75 Å². The van der Waals surface area contributed by atoms with Crippen LogP contribution in [0.2, 0.25) is 0 Å². The molecule has 0 aliphatic rings. The van der Waals surface area contributed by atoms with Crippen LogP contribution in [0.3, 0.4) is 0 Å². The molecule has 0 aliphatic heterocycles. The summed E-state index contributed by atoms with van der Waals surface area (Å²) in [5.74, 6) is 0.856. The van der Waals surface area contributed by atoms with Crippen LogP contribution in [-0.2, 0) is 21.6 Å². The summed E-state index contributed by atoms with van der Waals surface area (Å²) in [5.41, 5.74) is 2.97. The molecule has 9 nitrogen and oxygen atoms in total.